The number of nitrogens with one attached hydrogen (secondary N) is 2. The molecular weight excluding hydrogens is 638 g/mol. The van der Waals surface area contributed by atoms with E-state index in [1.807, 2.05) is 36.4 Å². The Morgan fingerprint density at radius 2 is 1.16 bits per heavy atom. The predicted octanol–water partition coefficient (Wildman–Crippen LogP) is 7.51. The van der Waals surface area contributed by atoms with Gasteiger partial charge in [0, 0.05) is 34.5 Å². The van der Waals surface area contributed by atoms with Crippen molar-refractivity contribution in [3.8, 4) is 22.3 Å². The molecule has 0 atom stereocenters. The van der Waals surface area contributed by atoms with E-state index in [4.69, 9.17) is 11.5 Å². The van der Waals surface area contributed by atoms with Gasteiger partial charge in [0.25, 0.3) is 0 Å². The van der Waals surface area contributed by atoms with E-state index in [9.17, 15) is 18.4 Å². The number of hydrogen-bond donors (Lipinski definition) is 4. The number of carbonyl (C=O) groups is 2. The number of fused-ring (bicyclic) bond motifs is 2. The van der Waals surface area contributed by atoms with Gasteiger partial charge < -0.3 is 22.1 Å². The molecule has 2 aromatic heterocycles. The zero-order valence-electron chi connectivity index (χ0n) is 27.0. The summed E-state index contributed by atoms with van der Waals surface area (Å²) in [5.74, 6) is 0.355. The third-order valence-corrected chi connectivity index (χ3v) is 8.99. The summed E-state index contributed by atoms with van der Waals surface area (Å²) in [5, 5.41) is 7.02. The minimum absolute atomic E-state index is 0.0426. The van der Waals surface area contributed by atoms with Crippen LogP contribution in [0.3, 0.4) is 0 Å². The zero-order chi connectivity index (χ0) is 34.8. The summed E-state index contributed by atoms with van der Waals surface area (Å²) in [7, 11) is 0. The van der Waals surface area contributed by atoms with Crippen molar-refractivity contribution in [3.63, 3.8) is 0 Å². The van der Waals surface area contributed by atoms with Gasteiger partial charge in [-0.1, -0.05) is 18.6 Å². The van der Waals surface area contributed by atoms with Crippen LogP contribution in [0.2, 0.25) is 0 Å². The Bertz CT molecular complexity index is 2260. The average Bonchev–Trinajstić information content (AvgIpc) is 3.87. The lowest BCUT2D eigenvalue weighted by Gasteiger charge is -2.24. The van der Waals surface area contributed by atoms with Gasteiger partial charge in [-0.25, -0.2) is 28.7 Å². The average molecular weight is 673 g/mol. The second kappa shape index (κ2) is 13.8. The van der Waals surface area contributed by atoms with Gasteiger partial charge in [0.15, 0.2) is 0 Å². The van der Waals surface area contributed by atoms with Gasteiger partial charge in [0.1, 0.15) is 35.9 Å². The summed E-state index contributed by atoms with van der Waals surface area (Å²) in [6, 6.07) is 20.0. The van der Waals surface area contributed by atoms with Crippen molar-refractivity contribution in [3.05, 3.63) is 97.1 Å². The fraction of sp³-hybridized carbons (Fsp3) is 0.211. The maximum atomic E-state index is 14.1. The van der Waals surface area contributed by atoms with Gasteiger partial charge >= 0.3 is 0 Å². The number of halogens is 2. The Morgan fingerprint density at radius 3 is 1.64 bits per heavy atom. The first-order chi connectivity index (χ1) is 24.2. The van der Waals surface area contributed by atoms with Crippen LogP contribution in [0.4, 0.5) is 31.8 Å². The van der Waals surface area contributed by atoms with Crippen LogP contribution in [-0.4, -0.2) is 31.8 Å². The summed E-state index contributed by atoms with van der Waals surface area (Å²) in [5.41, 5.74) is 17.1. The Hall–Kier alpha value is -6.04. The highest BCUT2D eigenvalue weighted by Crippen LogP contribution is 2.34. The number of nitrogens with two attached hydrogens (primary N) is 2. The predicted molar refractivity (Wildman–Crippen MR) is 191 cm³/mol. The molecule has 0 radical (unpaired) electrons. The number of anilines is 4. The minimum Gasteiger partial charge on any atom is -0.383 e. The SMILES string of the molecule is Nc1ncnc2ccc(-c3cc(F)cc(NC(=O)C4CCC4)c3)cc12.Nc1ncnc2ccc(-c3cc(F)cc(NC(=O)CC4CC4)c3)cc12. The molecule has 2 heterocycles. The van der Waals surface area contributed by atoms with Crippen LogP contribution in [0.1, 0.15) is 38.5 Å². The second-order valence-corrected chi connectivity index (χ2v) is 12.8. The lowest BCUT2D eigenvalue weighted by atomic mass is 9.85. The van der Waals surface area contributed by atoms with Crippen molar-refractivity contribution in [2.75, 3.05) is 22.1 Å². The molecule has 6 N–H and O–H groups in total. The van der Waals surface area contributed by atoms with E-state index in [0.29, 0.717) is 57.2 Å². The van der Waals surface area contributed by atoms with Crippen LogP contribution < -0.4 is 22.1 Å². The van der Waals surface area contributed by atoms with Crippen molar-refractivity contribution >= 4 is 56.6 Å². The van der Waals surface area contributed by atoms with Gasteiger partial charge in [-0.05, 0) is 115 Å². The summed E-state index contributed by atoms with van der Waals surface area (Å²) in [6.45, 7) is 0. The third kappa shape index (κ3) is 7.49. The van der Waals surface area contributed by atoms with E-state index in [-0.39, 0.29) is 17.7 Å². The van der Waals surface area contributed by atoms with Crippen LogP contribution in [-0.2, 0) is 9.59 Å². The quantitative estimate of drug-likeness (QED) is 0.135. The van der Waals surface area contributed by atoms with Crippen molar-refractivity contribution < 1.29 is 18.4 Å². The smallest absolute Gasteiger partial charge is 0.227 e. The first kappa shape index (κ1) is 32.5. The molecule has 6 aromatic rings. The Balaban J connectivity index is 0.000000157. The molecule has 0 saturated heterocycles. The van der Waals surface area contributed by atoms with E-state index in [1.165, 1.54) is 36.9 Å². The highest BCUT2D eigenvalue weighted by atomic mass is 19.1. The molecule has 0 spiro atoms. The van der Waals surface area contributed by atoms with Gasteiger partial charge in [0.2, 0.25) is 11.8 Å². The van der Waals surface area contributed by atoms with E-state index in [1.54, 1.807) is 12.1 Å². The van der Waals surface area contributed by atoms with E-state index >= 15 is 0 Å². The topological polar surface area (TPSA) is 162 Å². The number of nitrogens with zero attached hydrogens (tertiary/aromatic N) is 4. The second-order valence-electron chi connectivity index (χ2n) is 12.8. The van der Waals surface area contributed by atoms with Crippen molar-refractivity contribution in [2.24, 2.45) is 11.8 Å². The summed E-state index contributed by atoms with van der Waals surface area (Å²) in [6.07, 6.45) is 8.39. The number of carbonyl (C=O) groups excluding carboxylic acids is 2. The van der Waals surface area contributed by atoms with Gasteiger partial charge in [0.05, 0.1) is 11.0 Å². The standard InChI is InChI=1S/2C19H17FN4O/c20-14-6-13(7-15(9-14)24-18(25)5-11-1-2-11)12-3-4-17-16(8-12)19(21)23-10-22-17;20-14-6-13(7-15(9-14)24-19(25)11-2-1-3-11)12-4-5-17-16(8-12)18(21)23-10-22-17/h3-4,6-11H,1-2,5H2,(H,24,25)(H2,21,22,23);4-11H,1-3H2,(H,24,25)(H2,21,22,23). The highest BCUT2D eigenvalue weighted by Gasteiger charge is 2.26. The lowest BCUT2D eigenvalue weighted by Crippen LogP contribution is -2.28. The zero-order valence-corrected chi connectivity index (χ0v) is 27.0. The molecule has 2 aliphatic carbocycles. The molecule has 10 nitrogen and oxygen atoms in total. The number of aromatic nitrogens is 4. The Labute approximate surface area is 286 Å². The fourth-order valence-corrected chi connectivity index (χ4v) is 5.88. The Morgan fingerprint density at radius 1 is 0.640 bits per heavy atom. The molecule has 2 fully saturated rings. The maximum Gasteiger partial charge on any atom is 0.227 e. The number of nitrogen functional groups attached to an aromatic ring is 2. The molecule has 2 aliphatic rings. The van der Waals surface area contributed by atoms with Crippen LogP contribution >= 0.6 is 0 Å². The maximum absolute atomic E-state index is 14.1. The van der Waals surface area contributed by atoms with Gasteiger partial charge in [-0.3, -0.25) is 9.59 Å². The summed E-state index contributed by atoms with van der Waals surface area (Å²) >= 11 is 0. The summed E-state index contributed by atoms with van der Waals surface area (Å²) in [4.78, 5) is 40.4. The third-order valence-electron chi connectivity index (χ3n) is 8.99. The number of rotatable bonds is 7. The molecule has 2 saturated carbocycles. The molecule has 0 unspecified atom stereocenters. The molecule has 2 amide bonds. The largest absolute Gasteiger partial charge is 0.383 e. The van der Waals surface area contributed by atoms with Gasteiger partial charge in [-0.15, -0.1) is 0 Å². The highest BCUT2D eigenvalue weighted by molar-refractivity contribution is 5.96. The monoisotopic (exact) mass is 672 g/mol. The van der Waals surface area contributed by atoms with E-state index < -0.39 is 11.6 Å². The van der Waals surface area contributed by atoms with Crippen LogP contribution in [0.15, 0.2) is 85.5 Å². The molecule has 0 aliphatic heterocycles. The van der Waals surface area contributed by atoms with Crippen LogP contribution in [0.5, 0.6) is 0 Å². The number of amides is 2. The van der Waals surface area contributed by atoms with Crippen molar-refractivity contribution in [1.82, 2.24) is 19.9 Å². The molecule has 252 valence electrons. The number of benzene rings is 4. The molecule has 4 aromatic carbocycles. The van der Waals surface area contributed by atoms with Crippen molar-refractivity contribution in [1.29, 1.82) is 0 Å². The molecule has 12 heteroatoms. The molecular formula is C38H34F2N8O2. The van der Waals surface area contributed by atoms with E-state index in [2.05, 4.69) is 30.6 Å². The Kier molecular flexibility index (Phi) is 8.99. The first-order valence-corrected chi connectivity index (χ1v) is 16.4. The number of hydrogen-bond acceptors (Lipinski definition) is 8. The molecule has 0 bridgehead atoms. The summed E-state index contributed by atoms with van der Waals surface area (Å²) < 4.78 is 28.1. The van der Waals surface area contributed by atoms with E-state index in [0.717, 1.165) is 54.3 Å². The minimum atomic E-state index is -0.406. The van der Waals surface area contributed by atoms with Crippen LogP contribution in [0.25, 0.3) is 44.1 Å². The van der Waals surface area contributed by atoms with Crippen LogP contribution in [0, 0.1) is 23.5 Å². The fourth-order valence-electron chi connectivity index (χ4n) is 5.88. The van der Waals surface area contributed by atoms with Gasteiger partial charge in [-0.2, -0.15) is 0 Å². The normalized spacial score (nSPS) is 14.0. The van der Waals surface area contributed by atoms with Crippen molar-refractivity contribution in [2.45, 2.75) is 38.5 Å². The molecule has 50 heavy (non-hydrogen) atoms. The lowest BCUT2D eigenvalue weighted by molar-refractivity contribution is -0.122. The molecule has 8 rings (SSSR count). The first-order valence-electron chi connectivity index (χ1n) is 16.4.